The lowest BCUT2D eigenvalue weighted by Crippen LogP contribution is -2.29. The van der Waals surface area contributed by atoms with Gasteiger partial charge < -0.3 is 4.57 Å². The third-order valence-electron chi connectivity index (χ3n) is 4.81. The van der Waals surface area contributed by atoms with Crippen molar-refractivity contribution in [3.05, 3.63) is 95.3 Å². The van der Waals surface area contributed by atoms with Crippen LogP contribution in [0.15, 0.2) is 66.9 Å². The Balaban J connectivity index is 1.73. The lowest BCUT2D eigenvalue weighted by molar-refractivity contribution is 0.220. The molecule has 1 aliphatic heterocycles. The first-order chi connectivity index (χ1) is 12.2. The maximum atomic E-state index is 13.6. The quantitative estimate of drug-likeness (QED) is 0.668. The molecular formula is C21H20F2N2. The maximum Gasteiger partial charge on any atom is 0.123 e. The average Bonchev–Trinajstić information content (AvgIpc) is 2.98. The van der Waals surface area contributed by atoms with Crippen LogP contribution < -0.4 is 0 Å². The molecule has 2 heterocycles. The standard InChI is InChI=1S/C21H20F2N2/c22-18-9-7-17(8-10-18)21-20-6-2-11-24(20)12-3-13-25(21)15-16-4-1-5-19(23)14-16/h1-2,4-11,14,21H,3,12-13,15H2/t21-/m0/s1. The highest BCUT2D eigenvalue weighted by atomic mass is 19.1. The van der Waals surface area contributed by atoms with E-state index in [0.29, 0.717) is 6.54 Å². The third-order valence-corrected chi connectivity index (χ3v) is 4.81. The number of hydrogen-bond acceptors (Lipinski definition) is 1. The number of aromatic nitrogens is 1. The zero-order chi connectivity index (χ0) is 17.2. The Hall–Kier alpha value is -2.46. The minimum atomic E-state index is -0.232. The van der Waals surface area contributed by atoms with E-state index in [1.807, 2.05) is 18.2 Å². The minimum absolute atomic E-state index is 0.0290. The van der Waals surface area contributed by atoms with Crippen molar-refractivity contribution in [2.24, 2.45) is 0 Å². The Morgan fingerprint density at radius 1 is 0.880 bits per heavy atom. The lowest BCUT2D eigenvalue weighted by atomic mass is 10.0. The second-order valence-corrected chi connectivity index (χ2v) is 6.53. The summed E-state index contributed by atoms with van der Waals surface area (Å²) in [6.07, 6.45) is 3.12. The van der Waals surface area contributed by atoms with Crippen LogP contribution in [0, 0.1) is 11.6 Å². The second kappa shape index (κ2) is 6.81. The molecule has 4 heteroatoms. The third kappa shape index (κ3) is 3.35. The van der Waals surface area contributed by atoms with E-state index in [-0.39, 0.29) is 17.7 Å². The molecule has 0 aliphatic carbocycles. The largest absolute Gasteiger partial charge is 0.350 e. The van der Waals surface area contributed by atoms with Crippen LogP contribution in [0.5, 0.6) is 0 Å². The van der Waals surface area contributed by atoms with Gasteiger partial charge in [0.2, 0.25) is 0 Å². The molecule has 3 aromatic rings. The molecule has 0 saturated carbocycles. The van der Waals surface area contributed by atoms with Gasteiger partial charge in [-0.05, 0) is 53.9 Å². The van der Waals surface area contributed by atoms with Gasteiger partial charge in [-0.1, -0.05) is 24.3 Å². The summed E-state index contributed by atoms with van der Waals surface area (Å²) in [5.41, 5.74) is 3.20. The van der Waals surface area contributed by atoms with Gasteiger partial charge in [-0.3, -0.25) is 4.90 Å². The Bertz CT molecular complexity index is 854. The maximum absolute atomic E-state index is 13.6. The van der Waals surface area contributed by atoms with E-state index in [9.17, 15) is 8.78 Å². The number of hydrogen-bond donors (Lipinski definition) is 0. The van der Waals surface area contributed by atoms with Gasteiger partial charge in [0.1, 0.15) is 11.6 Å². The molecule has 0 spiro atoms. The van der Waals surface area contributed by atoms with Gasteiger partial charge in [0, 0.05) is 31.5 Å². The van der Waals surface area contributed by atoms with Crippen molar-refractivity contribution in [1.82, 2.24) is 9.47 Å². The number of rotatable bonds is 3. The van der Waals surface area contributed by atoms with Crippen molar-refractivity contribution >= 4 is 0 Å². The molecule has 2 aromatic carbocycles. The molecule has 25 heavy (non-hydrogen) atoms. The Labute approximate surface area is 146 Å². The second-order valence-electron chi connectivity index (χ2n) is 6.53. The summed E-state index contributed by atoms with van der Waals surface area (Å²) >= 11 is 0. The summed E-state index contributed by atoms with van der Waals surface area (Å²) in [7, 11) is 0. The molecular weight excluding hydrogens is 318 g/mol. The van der Waals surface area contributed by atoms with Gasteiger partial charge in [0.15, 0.2) is 0 Å². The molecule has 128 valence electrons. The fourth-order valence-corrected chi connectivity index (χ4v) is 3.71. The van der Waals surface area contributed by atoms with Crippen molar-refractivity contribution in [3.63, 3.8) is 0 Å². The van der Waals surface area contributed by atoms with E-state index in [0.717, 1.165) is 30.6 Å². The SMILES string of the molecule is Fc1ccc([C@H]2c3cccn3CCCN2Cc2cccc(F)c2)cc1. The number of halogens is 2. The van der Waals surface area contributed by atoms with Crippen LogP contribution in [0.3, 0.4) is 0 Å². The van der Waals surface area contributed by atoms with E-state index >= 15 is 0 Å². The fraction of sp³-hybridized carbons (Fsp3) is 0.238. The van der Waals surface area contributed by atoms with Crippen LogP contribution in [0.25, 0.3) is 0 Å². The number of aryl methyl sites for hydroxylation is 1. The summed E-state index contributed by atoms with van der Waals surface area (Å²) in [6, 6.07) is 17.7. The summed E-state index contributed by atoms with van der Waals surface area (Å²) in [5, 5.41) is 0. The van der Waals surface area contributed by atoms with Crippen molar-refractivity contribution < 1.29 is 8.78 Å². The Morgan fingerprint density at radius 3 is 2.52 bits per heavy atom. The van der Waals surface area contributed by atoms with E-state index < -0.39 is 0 Å². The number of benzene rings is 2. The minimum Gasteiger partial charge on any atom is -0.350 e. The molecule has 0 radical (unpaired) electrons. The highest BCUT2D eigenvalue weighted by Gasteiger charge is 2.27. The van der Waals surface area contributed by atoms with Crippen molar-refractivity contribution in [2.45, 2.75) is 25.6 Å². The van der Waals surface area contributed by atoms with Crippen molar-refractivity contribution in [2.75, 3.05) is 6.54 Å². The molecule has 1 atom stereocenters. The first kappa shape index (κ1) is 16.0. The van der Waals surface area contributed by atoms with Crippen LogP contribution in [-0.2, 0) is 13.1 Å². The van der Waals surface area contributed by atoms with Crippen LogP contribution in [0.2, 0.25) is 0 Å². The van der Waals surface area contributed by atoms with E-state index in [4.69, 9.17) is 0 Å². The first-order valence-corrected chi connectivity index (χ1v) is 8.60. The van der Waals surface area contributed by atoms with Crippen LogP contribution in [0.1, 0.15) is 29.3 Å². The van der Waals surface area contributed by atoms with Crippen LogP contribution in [-0.4, -0.2) is 16.0 Å². The lowest BCUT2D eigenvalue weighted by Gasteiger charge is -2.30. The summed E-state index contributed by atoms with van der Waals surface area (Å²) in [5.74, 6) is -0.446. The fourth-order valence-electron chi connectivity index (χ4n) is 3.71. The first-order valence-electron chi connectivity index (χ1n) is 8.60. The number of nitrogens with zero attached hydrogens (tertiary/aromatic N) is 2. The normalized spacial score (nSPS) is 17.9. The van der Waals surface area contributed by atoms with Crippen molar-refractivity contribution in [1.29, 1.82) is 0 Å². The van der Waals surface area contributed by atoms with Gasteiger partial charge in [0.05, 0.1) is 6.04 Å². The predicted molar refractivity (Wildman–Crippen MR) is 94.1 cm³/mol. The molecule has 1 aromatic heterocycles. The molecule has 0 unspecified atom stereocenters. The molecule has 0 fully saturated rings. The van der Waals surface area contributed by atoms with E-state index in [1.165, 1.54) is 23.9 Å². The Kier molecular flexibility index (Phi) is 4.36. The molecule has 0 saturated heterocycles. The zero-order valence-electron chi connectivity index (χ0n) is 13.9. The van der Waals surface area contributed by atoms with Crippen molar-refractivity contribution in [3.8, 4) is 0 Å². The topological polar surface area (TPSA) is 8.17 Å². The van der Waals surface area contributed by atoms with Gasteiger partial charge in [-0.2, -0.15) is 0 Å². The van der Waals surface area contributed by atoms with E-state index in [2.05, 4.69) is 27.8 Å². The number of fused-ring (bicyclic) bond motifs is 1. The summed E-state index contributed by atoms with van der Waals surface area (Å²) < 4.78 is 29.3. The highest BCUT2D eigenvalue weighted by Crippen LogP contribution is 2.33. The average molecular weight is 338 g/mol. The molecule has 4 rings (SSSR count). The zero-order valence-corrected chi connectivity index (χ0v) is 13.9. The Morgan fingerprint density at radius 2 is 1.72 bits per heavy atom. The smallest absolute Gasteiger partial charge is 0.123 e. The van der Waals surface area contributed by atoms with Gasteiger partial charge >= 0.3 is 0 Å². The molecule has 2 nitrogen and oxygen atoms in total. The molecule has 1 aliphatic rings. The van der Waals surface area contributed by atoms with Crippen LogP contribution in [0.4, 0.5) is 8.78 Å². The molecule has 0 amide bonds. The van der Waals surface area contributed by atoms with Gasteiger partial charge in [0.25, 0.3) is 0 Å². The predicted octanol–water partition coefficient (Wildman–Crippen LogP) is 4.76. The highest BCUT2D eigenvalue weighted by molar-refractivity contribution is 5.30. The van der Waals surface area contributed by atoms with Gasteiger partial charge in [-0.15, -0.1) is 0 Å². The van der Waals surface area contributed by atoms with Gasteiger partial charge in [-0.25, -0.2) is 8.78 Å². The van der Waals surface area contributed by atoms with E-state index in [1.54, 1.807) is 12.1 Å². The summed E-state index contributed by atoms with van der Waals surface area (Å²) in [6.45, 7) is 2.52. The monoisotopic (exact) mass is 338 g/mol. The molecule has 0 N–H and O–H groups in total. The van der Waals surface area contributed by atoms with Crippen LogP contribution >= 0.6 is 0 Å². The molecule has 0 bridgehead atoms. The summed E-state index contributed by atoms with van der Waals surface area (Å²) in [4.78, 5) is 2.35.